The highest BCUT2D eigenvalue weighted by Gasteiger charge is 2.39. The Hall–Kier alpha value is -1.75. The minimum Gasteiger partial charge on any atom is -0.497 e. The first-order valence-electron chi connectivity index (χ1n) is 10.1. The van der Waals surface area contributed by atoms with E-state index in [0.717, 1.165) is 44.5 Å². The van der Waals surface area contributed by atoms with Gasteiger partial charge in [0.25, 0.3) is 0 Å². The number of aryl methyl sites for hydroxylation is 1. The van der Waals surface area contributed by atoms with Crippen LogP contribution in [-0.2, 0) is 11.2 Å². The number of nitrogens with one attached hydrogen (secondary N) is 2. The largest absolute Gasteiger partial charge is 0.497 e. The Morgan fingerprint density at radius 2 is 2.08 bits per heavy atom. The predicted octanol–water partition coefficient (Wildman–Crippen LogP) is 3.72. The van der Waals surface area contributed by atoms with Crippen LogP contribution < -0.4 is 15.4 Å². The highest BCUT2D eigenvalue weighted by atomic mass is 16.5. The van der Waals surface area contributed by atoms with E-state index < -0.39 is 0 Å². The number of ether oxygens (including phenoxy) is 2. The van der Waals surface area contributed by atoms with Gasteiger partial charge in [0.2, 0.25) is 0 Å². The summed E-state index contributed by atoms with van der Waals surface area (Å²) in [7, 11) is 1.69. The fourth-order valence-corrected chi connectivity index (χ4v) is 4.44. The van der Waals surface area contributed by atoms with Gasteiger partial charge in [-0.2, -0.15) is 0 Å². The zero-order valence-corrected chi connectivity index (χ0v) is 15.6. The van der Waals surface area contributed by atoms with Crippen molar-refractivity contribution >= 4 is 6.03 Å². The highest BCUT2D eigenvalue weighted by molar-refractivity contribution is 5.75. The standard InChI is InChI=1S/C21H30N2O3/c1-25-16-10-11-17-15(13-16)5-4-6-18(17)22-21(24)23-20(14-8-9-14)19-7-2-3-12-26-19/h10-11,13-14,18-20H,2-9,12H2,1H3,(H2,22,23,24). The average Bonchev–Trinajstić information content (AvgIpc) is 3.51. The van der Waals surface area contributed by atoms with Crippen LogP contribution in [0.2, 0.25) is 0 Å². The summed E-state index contributed by atoms with van der Waals surface area (Å²) < 4.78 is 11.3. The van der Waals surface area contributed by atoms with E-state index in [1.54, 1.807) is 7.11 Å². The molecule has 0 radical (unpaired) electrons. The van der Waals surface area contributed by atoms with Gasteiger partial charge in [-0.3, -0.25) is 0 Å². The number of fused-ring (bicyclic) bond motifs is 1. The molecule has 2 N–H and O–H groups in total. The first-order chi connectivity index (χ1) is 12.7. The van der Waals surface area contributed by atoms with Crippen LogP contribution in [0.4, 0.5) is 4.79 Å². The second-order valence-electron chi connectivity index (χ2n) is 7.90. The van der Waals surface area contributed by atoms with E-state index in [4.69, 9.17) is 9.47 Å². The van der Waals surface area contributed by atoms with Crippen molar-refractivity contribution in [3.8, 4) is 5.75 Å². The second kappa shape index (κ2) is 7.87. The molecule has 1 aliphatic heterocycles. The van der Waals surface area contributed by atoms with Gasteiger partial charge in [0.1, 0.15) is 5.75 Å². The van der Waals surface area contributed by atoms with Crippen LogP contribution >= 0.6 is 0 Å². The third-order valence-corrected chi connectivity index (χ3v) is 6.01. The molecule has 5 nitrogen and oxygen atoms in total. The predicted molar refractivity (Wildman–Crippen MR) is 100 cm³/mol. The van der Waals surface area contributed by atoms with Crippen LogP contribution in [0.25, 0.3) is 0 Å². The summed E-state index contributed by atoms with van der Waals surface area (Å²) in [6, 6.07) is 6.38. The maximum Gasteiger partial charge on any atom is 0.315 e. The summed E-state index contributed by atoms with van der Waals surface area (Å²) >= 11 is 0. The molecule has 3 unspecified atom stereocenters. The van der Waals surface area contributed by atoms with Gasteiger partial charge in [-0.05, 0) is 80.5 Å². The van der Waals surface area contributed by atoms with Gasteiger partial charge in [0.15, 0.2) is 0 Å². The Balaban J connectivity index is 1.40. The molecule has 1 saturated heterocycles. The lowest BCUT2D eigenvalue weighted by Crippen LogP contribution is -2.51. The minimum absolute atomic E-state index is 0.0512. The van der Waals surface area contributed by atoms with Crippen LogP contribution in [0.1, 0.15) is 62.1 Å². The Morgan fingerprint density at radius 3 is 2.81 bits per heavy atom. The Morgan fingerprint density at radius 1 is 1.19 bits per heavy atom. The van der Waals surface area contributed by atoms with Crippen molar-refractivity contribution in [3.63, 3.8) is 0 Å². The first-order valence-corrected chi connectivity index (χ1v) is 10.1. The number of carbonyl (C=O) groups is 1. The van der Waals surface area contributed by atoms with Crippen molar-refractivity contribution < 1.29 is 14.3 Å². The molecular formula is C21H30N2O3. The van der Waals surface area contributed by atoms with E-state index >= 15 is 0 Å². The number of hydrogen-bond acceptors (Lipinski definition) is 3. The fourth-order valence-electron chi connectivity index (χ4n) is 4.44. The lowest BCUT2D eigenvalue weighted by Gasteiger charge is -2.32. The number of carbonyl (C=O) groups excluding carboxylic acids is 1. The van der Waals surface area contributed by atoms with Gasteiger partial charge in [-0.25, -0.2) is 4.79 Å². The molecule has 1 aromatic rings. The number of amides is 2. The molecule has 3 aliphatic rings. The molecule has 2 amide bonds. The molecule has 2 fully saturated rings. The number of urea groups is 1. The number of rotatable bonds is 5. The fraction of sp³-hybridized carbons (Fsp3) is 0.667. The Bertz CT molecular complexity index is 638. The number of methoxy groups -OCH3 is 1. The molecule has 0 bridgehead atoms. The number of benzene rings is 1. The van der Waals surface area contributed by atoms with Gasteiger partial charge < -0.3 is 20.1 Å². The van der Waals surface area contributed by atoms with E-state index in [2.05, 4.69) is 22.8 Å². The van der Waals surface area contributed by atoms with E-state index in [1.165, 1.54) is 30.4 Å². The van der Waals surface area contributed by atoms with Gasteiger partial charge in [0.05, 0.1) is 25.3 Å². The molecule has 3 atom stereocenters. The Kier molecular flexibility index (Phi) is 5.34. The highest BCUT2D eigenvalue weighted by Crippen LogP contribution is 2.37. The molecule has 142 valence electrons. The minimum atomic E-state index is -0.0512. The SMILES string of the molecule is COc1ccc2c(c1)CCCC2NC(=O)NC(C1CC1)C1CCCCO1. The maximum absolute atomic E-state index is 12.7. The molecule has 0 spiro atoms. The lowest BCUT2D eigenvalue weighted by atomic mass is 9.87. The summed E-state index contributed by atoms with van der Waals surface area (Å²) in [5.74, 6) is 1.48. The molecule has 0 aromatic heterocycles. The van der Waals surface area contributed by atoms with Crippen molar-refractivity contribution in [2.45, 2.75) is 69.6 Å². The summed E-state index contributed by atoms with van der Waals surface area (Å²) in [4.78, 5) is 12.7. The zero-order valence-electron chi connectivity index (χ0n) is 15.6. The zero-order chi connectivity index (χ0) is 17.9. The topological polar surface area (TPSA) is 59.6 Å². The van der Waals surface area contributed by atoms with Crippen molar-refractivity contribution in [1.82, 2.24) is 10.6 Å². The molecule has 5 heteroatoms. The average molecular weight is 358 g/mol. The smallest absolute Gasteiger partial charge is 0.315 e. The van der Waals surface area contributed by atoms with Gasteiger partial charge in [0, 0.05) is 6.61 Å². The van der Waals surface area contributed by atoms with E-state index in [-0.39, 0.29) is 24.2 Å². The number of hydrogen-bond donors (Lipinski definition) is 2. The third kappa shape index (κ3) is 3.98. The summed E-state index contributed by atoms with van der Waals surface area (Å²) in [5, 5.41) is 6.47. The monoisotopic (exact) mass is 358 g/mol. The van der Waals surface area contributed by atoms with Crippen molar-refractivity contribution in [3.05, 3.63) is 29.3 Å². The lowest BCUT2D eigenvalue weighted by molar-refractivity contribution is -0.00985. The molecule has 2 aliphatic carbocycles. The summed E-state index contributed by atoms with van der Waals surface area (Å²) in [5.41, 5.74) is 2.51. The van der Waals surface area contributed by atoms with Crippen LogP contribution in [0, 0.1) is 5.92 Å². The van der Waals surface area contributed by atoms with Crippen molar-refractivity contribution in [2.75, 3.05) is 13.7 Å². The van der Waals surface area contributed by atoms with Crippen molar-refractivity contribution in [1.29, 1.82) is 0 Å². The first kappa shape index (κ1) is 17.7. The Labute approximate surface area is 155 Å². The van der Waals surface area contributed by atoms with Gasteiger partial charge >= 0.3 is 6.03 Å². The van der Waals surface area contributed by atoms with Gasteiger partial charge in [-0.15, -0.1) is 0 Å². The van der Waals surface area contributed by atoms with Crippen LogP contribution in [0.3, 0.4) is 0 Å². The third-order valence-electron chi connectivity index (χ3n) is 6.01. The quantitative estimate of drug-likeness (QED) is 0.843. The van der Waals surface area contributed by atoms with Gasteiger partial charge in [-0.1, -0.05) is 6.07 Å². The van der Waals surface area contributed by atoms with E-state index in [0.29, 0.717) is 5.92 Å². The maximum atomic E-state index is 12.7. The van der Waals surface area contributed by atoms with Crippen molar-refractivity contribution in [2.24, 2.45) is 5.92 Å². The summed E-state index contributed by atoms with van der Waals surface area (Å²) in [6.07, 6.45) is 9.12. The molecular weight excluding hydrogens is 328 g/mol. The molecule has 1 saturated carbocycles. The molecule has 1 aromatic carbocycles. The molecule has 26 heavy (non-hydrogen) atoms. The van der Waals surface area contributed by atoms with Crippen LogP contribution in [0.5, 0.6) is 5.75 Å². The molecule has 1 heterocycles. The summed E-state index contributed by atoms with van der Waals surface area (Å²) in [6.45, 7) is 0.828. The van der Waals surface area contributed by atoms with Crippen LogP contribution in [-0.4, -0.2) is 31.9 Å². The molecule has 4 rings (SSSR count). The van der Waals surface area contributed by atoms with E-state index in [9.17, 15) is 4.79 Å². The van der Waals surface area contributed by atoms with E-state index in [1.807, 2.05) is 6.07 Å². The second-order valence-corrected chi connectivity index (χ2v) is 7.90. The van der Waals surface area contributed by atoms with Crippen LogP contribution in [0.15, 0.2) is 18.2 Å². The normalized spacial score (nSPS) is 26.5.